The first-order valence-electron chi connectivity index (χ1n) is 4.12. The Kier molecular flexibility index (Phi) is 2.69. The number of nitrogens with zero attached hydrogens (tertiary/aromatic N) is 1. The van der Waals surface area contributed by atoms with Crippen molar-refractivity contribution in [3.8, 4) is 0 Å². The van der Waals surface area contributed by atoms with Gasteiger partial charge in [-0.25, -0.2) is 0 Å². The Bertz CT molecular complexity index is 184. The van der Waals surface area contributed by atoms with Crippen LogP contribution in [-0.4, -0.2) is 24.3 Å². The Morgan fingerprint density at radius 1 is 1.55 bits per heavy atom. The Morgan fingerprint density at radius 2 is 2.27 bits per heavy atom. The Hall–Kier alpha value is -0.790. The second-order valence-electron chi connectivity index (χ2n) is 3.12. The van der Waals surface area contributed by atoms with Crippen LogP contribution in [0.3, 0.4) is 0 Å². The van der Waals surface area contributed by atoms with Gasteiger partial charge in [0.05, 0.1) is 0 Å². The summed E-state index contributed by atoms with van der Waals surface area (Å²) < 4.78 is 0. The lowest BCUT2D eigenvalue weighted by Crippen LogP contribution is -2.23. The normalized spacial score (nSPS) is 22.4. The van der Waals surface area contributed by atoms with Crippen LogP contribution in [-0.2, 0) is 4.79 Å². The molecule has 1 aliphatic heterocycles. The molecule has 11 heavy (non-hydrogen) atoms. The highest BCUT2D eigenvalue weighted by atomic mass is 16.1. The average molecular weight is 153 g/mol. The maximum Gasteiger partial charge on any atom is 0.154 e. The number of carbonyl (C=O) groups excluding carboxylic acids is 1. The summed E-state index contributed by atoms with van der Waals surface area (Å²) in [4.78, 5) is 12.9. The number of likely N-dealkylation sites (tertiary alicyclic amines) is 1. The van der Waals surface area contributed by atoms with Gasteiger partial charge in [0.1, 0.15) is 0 Å². The molecule has 0 unspecified atom stereocenters. The molecule has 0 N–H and O–H groups in total. The summed E-state index contributed by atoms with van der Waals surface area (Å²) in [6.45, 7) is 2.70. The minimum absolute atomic E-state index is 0.161. The van der Waals surface area contributed by atoms with E-state index in [-0.39, 0.29) is 5.78 Å². The molecular formula is C9H15NO. The lowest BCUT2D eigenvalue weighted by molar-refractivity contribution is -0.112. The van der Waals surface area contributed by atoms with Crippen molar-refractivity contribution < 1.29 is 4.79 Å². The van der Waals surface area contributed by atoms with Gasteiger partial charge in [0.25, 0.3) is 0 Å². The van der Waals surface area contributed by atoms with Gasteiger partial charge in [-0.05, 0) is 32.3 Å². The first-order chi connectivity index (χ1) is 5.20. The average Bonchev–Trinajstić information content (AvgIpc) is 1.93. The Morgan fingerprint density at radius 3 is 2.82 bits per heavy atom. The highest BCUT2D eigenvalue weighted by Crippen LogP contribution is 2.17. The number of piperidine rings is 1. The van der Waals surface area contributed by atoms with Crippen LogP contribution in [0.4, 0.5) is 0 Å². The molecule has 0 amide bonds. The molecule has 0 spiro atoms. The van der Waals surface area contributed by atoms with Crippen molar-refractivity contribution in [3.05, 3.63) is 11.8 Å². The summed E-state index contributed by atoms with van der Waals surface area (Å²) in [5, 5.41) is 0. The fourth-order valence-corrected chi connectivity index (χ4v) is 1.41. The van der Waals surface area contributed by atoms with Gasteiger partial charge in [-0.2, -0.15) is 0 Å². The molecule has 0 aliphatic carbocycles. The first kappa shape index (κ1) is 8.31. The van der Waals surface area contributed by atoms with Gasteiger partial charge in [0.15, 0.2) is 5.78 Å². The number of allylic oxidation sites excluding steroid dienone is 2. The molecule has 1 heterocycles. The summed E-state index contributed by atoms with van der Waals surface area (Å²) in [5.74, 6) is 0.161. The number of rotatable bonds is 1. The van der Waals surface area contributed by atoms with Crippen molar-refractivity contribution in [1.82, 2.24) is 4.90 Å². The smallest absolute Gasteiger partial charge is 0.154 e. The first-order valence-corrected chi connectivity index (χ1v) is 4.12. The molecular weight excluding hydrogens is 138 g/mol. The van der Waals surface area contributed by atoms with Crippen LogP contribution in [0.1, 0.15) is 26.2 Å². The SMILES string of the molecule is CC(=O)/C=C1\CCCCN1C. The molecule has 0 radical (unpaired) electrons. The molecule has 2 heteroatoms. The van der Waals surface area contributed by atoms with Crippen molar-refractivity contribution in [3.63, 3.8) is 0 Å². The summed E-state index contributed by atoms with van der Waals surface area (Å²) in [5.41, 5.74) is 1.20. The van der Waals surface area contributed by atoms with E-state index in [9.17, 15) is 4.79 Å². The molecule has 62 valence electrons. The quantitative estimate of drug-likeness (QED) is 0.533. The van der Waals surface area contributed by atoms with E-state index in [2.05, 4.69) is 4.90 Å². The van der Waals surface area contributed by atoms with E-state index >= 15 is 0 Å². The zero-order valence-electron chi connectivity index (χ0n) is 7.26. The van der Waals surface area contributed by atoms with Crippen molar-refractivity contribution >= 4 is 5.78 Å². The Labute approximate surface area is 67.9 Å². The van der Waals surface area contributed by atoms with Crippen molar-refractivity contribution in [2.75, 3.05) is 13.6 Å². The van der Waals surface area contributed by atoms with Crippen molar-refractivity contribution in [2.45, 2.75) is 26.2 Å². The number of hydrogen-bond acceptors (Lipinski definition) is 2. The van der Waals surface area contributed by atoms with Gasteiger partial charge in [-0.15, -0.1) is 0 Å². The lowest BCUT2D eigenvalue weighted by Gasteiger charge is -2.27. The highest BCUT2D eigenvalue weighted by molar-refractivity contribution is 5.87. The minimum Gasteiger partial charge on any atom is -0.378 e. The zero-order valence-corrected chi connectivity index (χ0v) is 7.26. The summed E-state index contributed by atoms with van der Waals surface area (Å²) in [6.07, 6.45) is 5.30. The number of ketones is 1. The molecule has 2 nitrogen and oxygen atoms in total. The number of hydrogen-bond donors (Lipinski definition) is 0. The van der Waals surface area contributed by atoms with E-state index < -0.39 is 0 Å². The van der Waals surface area contributed by atoms with Gasteiger partial charge < -0.3 is 4.90 Å². The Balaban J connectivity index is 2.60. The summed E-state index contributed by atoms with van der Waals surface area (Å²) >= 11 is 0. The van der Waals surface area contributed by atoms with Crippen LogP contribution in [0.25, 0.3) is 0 Å². The molecule has 0 aromatic heterocycles. The van der Waals surface area contributed by atoms with Crippen LogP contribution in [0.15, 0.2) is 11.8 Å². The topological polar surface area (TPSA) is 20.3 Å². The molecule has 0 aromatic rings. The fourth-order valence-electron chi connectivity index (χ4n) is 1.41. The third-order valence-corrected chi connectivity index (χ3v) is 2.04. The van der Waals surface area contributed by atoms with Crippen LogP contribution < -0.4 is 0 Å². The van der Waals surface area contributed by atoms with Crippen LogP contribution in [0, 0.1) is 0 Å². The van der Waals surface area contributed by atoms with Crippen molar-refractivity contribution in [2.24, 2.45) is 0 Å². The summed E-state index contributed by atoms with van der Waals surface area (Å²) in [7, 11) is 2.05. The molecule has 1 fully saturated rings. The molecule has 0 saturated carbocycles. The van der Waals surface area contributed by atoms with Gasteiger partial charge in [0, 0.05) is 19.3 Å². The van der Waals surface area contributed by atoms with Crippen LogP contribution >= 0.6 is 0 Å². The van der Waals surface area contributed by atoms with Gasteiger partial charge in [-0.1, -0.05) is 0 Å². The van der Waals surface area contributed by atoms with E-state index in [0.717, 1.165) is 13.0 Å². The zero-order chi connectivity index (χ0) is 8.27. The van der Waals surface area contributed by atoms with E-state index in [0.29, 0.717) is 0 Å². The van der Waals surface area contributed by atoms with E-state index in [1.165, 1.54) is 18.5 Å². The standard InChI is InChI=1S/C9H15NO/c1-8(11)7-9-5-3-4-6-10(9)2/h7H,3-6H2,1-2H3/b9-7+. The second kappa shape index (κ2) is 3.56. The molecule has 0 bridgehead atoms. The third kappa shape index (κ3) is 2.37. The van der Waals surface area contributed by atoms with E-state index in [1.54, 1.807) is 13.0 Å². The van der Waals surface area contributed by atoms with Gasteiger partial charge in [-0.3, -0.25) is 4.79 Å². The molecule has 1 aliphatic rings. The predicted molar refractivity (Wildman–Crippen MR) is 45.2 cm³/mol. The summed E-state index contributed by atoms with van der Waals surface area (Å²) in [6, 6.07) is 0. The van der Waals surface area contributed by atoms with Crippen LogP contribution in [0.2, 0.25) is 0 Å². The molecule has 1 rings (SSSR count). The van der Waals surface area contributed by atoms with Gasteiger partial charge >= 0.3 is 0 Å². The predicted octanol–water partition coefficient (Wildman–Crippen LogP) is 1.57. The van der Waals surface area contributed by atoms with Crippen molar-refractivity contribution in [1.29, 1.82) is 0 Å². The van der Waals surface area contributed by atoms with Crippen LogP contribution in [0.5, 0.6) is 0 Å². The van der Waals surface area contributed by atoms with E-state index in [4.69, 9.17) is 0 Å². The largest absolute Gasteiger partial charge is 0.378 e. The van der Waals surface area contributed by atoms with Gasteiger partial charge in [0.2, 0.25) is 0 Å². The maximum atomic E-state index is 10.8. The fraction of sp³-hybridized carbons (Fsp3) is 0.667. The lowest BCUT2D eigenvalue weighted by atomic mass is 10.1. The maximum absolute atomic E-state index is 10.8. The third-order valence-electron chi connectivity index (χ3n) is 2.04. The highest BCUT2D eigenvalue weighted by Gasteiger charge is 2.10. The molecule has 1 saturated heterocycles. The minimum atomic E-state index is 0.161. The molecule has 0 atom stereocenters. The number of carbonyl (C=O) groups is 1. The molecule has 0 aromatic carbocycles. The van der Waals surface area contributed by atoms with E-state index in [1.807, 2.05) is 7.05 Å². The monoisotopic (exact) mass is 153 g/mol. The second-order valence-corrected chi connectivity index (χ2v) is 3.12.